The van der Waals surface area contributed by atoms with Crippen molar-refractivity contribution in [1.29, 1.82) is 0 Å². The number of nitrogens with one attached hydrogen (secondary N) is 1. The smallest absolute Gasteiger partial charge is 0.271 e. The number of carbonyl (C=O) groups is 1. The molecule has 0 aliphatic heterocycles. The van der Waals surface area contributed by atoms with Crippen molar-refractivity contribution < 1.29 is 19.0 Å². The molecule has 1 N–H and O–H groups in total. The van der Waals surface area contributed by atoms with Crippen LogP contribution in [0.3, 0.4) is 0 Å². The number of nitrogens with zero attached hydrogens (tertiary/aromatic N) is 1. The van der Waals surface area contributed by atoms with Crippen LogP contribution in [0, 0.1) is 0 Å². The quantitative estimate of drug-likeness (QED) is 0.361. The number of carbonyl (C=O) groups excluding carboxylic acids is 1. The van der Waals surface area contributed by atoms with E-state index in [1.54, 1.807) is 42.5 Å². The van der Waals surface area contributed by atoms with Gasteiger partial charge in [-0.3, -0.25) is 4.79 Å². The van der Waals surface area contributed by atoms with Crippen LogP contribution >= 0.6 is 11.6 Å². The van der Waals surface area contributed by atoms with Crippen LogP contribution in [0.5, 0.6) is 17.2 Å². The van der Waals surface area contributed by atoms with Crippen molar-refractivity contribution in [3.05, 3.63) is 65.2 Å². The Bertz CT molecular complexity index is 852. The summed E-state index contributed by atoms with van der Waals surface area (Å²) in [4.78, 5) is 12.4. The number of ether oxygens (including phenoxy) is 3. The molecule has 2 rings (SSSR count). The van der Waals surface area contributed by atoms with Crippen LogP contribution < -0.4 is 19.6 Å². The maximum Gasteiger partial charge on any atom is 0.271 e. The van der Waals surface area contributed by atoms with E-state index in [-0.39, 0.29) is 5.91 Å². The zero-order valence-electron chi connectivity index (χ0n) is 15.9. The highest BCUT2D eigenvalue weighted by Gasteiger charge is 2.11. The molecule has 7 heteroatoms. The van der Waals surface area contributed by atoms with Gasteiger partial charge in [0.25, 0.3) is 5.91 Å². The number of halogens is 1. The third-order valence-corrected chi connectivity index (χ3v) is 3.74. The Morgan fingerprint density at radius 1 is 1.07 bits per heavy atom. The molecule has 1 amide bonds. The van der Waals surface area contributed by atoms with Gasteiger partial charge in [-0.2, -0.15) is 5.10 Å². The lowest BCUT2D eigenvalue weighted by molar-refractivity contribution is 0.0954. The highest BCUT2D eigenvalue weighted by molar-refractivity contribution is 6.30. The van der Waals surface area contributed by atoms with Crippen molar-refractivity contribution in [3.8, 4) is 17.2 Å². The molecule has 0 aromatic heterocycles. The van der Waals surface area contributed by atoms with Crippen LogP contribution in [0.15, 0.2) is 54.2 Å². The monoisotopic (exact) mass is 402 g/mol. The van der Waals surface area contributed by atoms with Crippen LogP contribution in [-0.4, -0.2) is 31.9 Å². The normalized spacial score (nSPS) is 10.5. The van der Waals surface area contributed by atoms with Crippen molar-refractivity contribution in [1.82, 2.24) is 5.43 Å². The van der Waals surface area contributed by atoms with Gasteiger partial charge in [-0.25, -0.2) is 5.43 Å². The molecule has 0 saturated carbocycles. The Morgan fingerprint density at radius 3 is 2.50 bits per heavy atom. The van der Waals surface area contributed by atoms with Gasteiger partial charge in [-0.15, -0.1) is 0 Å². The van der Waals surface area contributed by atoms with E-state index in [9.17, 15) is 4.79 Å². The SMILES string of the molecule is C=CCOc1ccc(C(=O)N/N=C/c2cc(Cl)ccc2OCC)cc1OCC. The first-order valence-electron chi connectivity index (χ1n) is 8.85. The first kappa shape index (κ1) is 21.3. The van der Waals surface area contributed by atoms with Gasteiger partial charge in [-0.1, -0.05) is 24.3 Å². The number of benzene rings is 2. The van der Waals surface area contributed by atoms with E-state index < -0.39 is 0 Å². The van der Waals surface area contributed by atoms with Gasteiger partial charge >= 0.3 is 0 Å². The van der Waals surface area contributed by atoms with Crippen molar-refractivity contribution in [2.24, 2.45) is 5.10 Å². The molecule has 0 bridgehead atoms. The summed E-state index contributed by atoms with van der Waals surface area (Å²) in [5.74, 6) is 1.27. The Labute approximate surface area is 169 Å². The zero-order chi connectivity index (χ0) is 20.4. The Balaban J connectivity index is 2.12. The van der Waals surface area contributed by atoms with Crippen molar-refractivity contribution in [2.75, 3.05) is 19.8 Å². The highest BCUT2D eigenvalue weighted by atomic mass is 35.5. The van der Waals surface area contributed by atoms with Crippen LogP contribution in [0.1, 0.15) is 29.8 Å². The second-order valence-electron chi connectivity index (χ2n) is 5.51. The van der Waals surface area contributed by atoms with Gasteiger partial charge in [0.05, 0.1) is 19.4 Å². The summed E-state index contributed by atoms with van der Waals surface area (Å²) in [7, 11) is 0. The minimum Gasteiger partial charge on any atom is -0.493 e. The van der Waals surface area contributed by atoms with Gasteiger partial charge in [-0.05, 0) is 50.2 Å². The Hall–Kier alpha value is -2.99. The Morgan fingerprint density at radius 2 is 1.79 bits per heavy atom. The van der Waals surface area contributed by atoms with Gasteiger partial charge in [0.15, 0.2) is 11.5 Å². The molecular weight excluding hydrogens is 380 g/mol. The largest absolute Gasteiger partial charge is 0.493 e. The van der Waals surface area contributed by atoms with E-state index in [4.69, 9.17) is 25.8 Å². The number of hydrogen-bond acceptors (Lipinski definition) is 5. The van der Waals surface area contributed by atoms with E-state index >= 15 is 0 Å². The molecule has 0 spiro atoms. The number of hydrazone groups is 1. The zero-order valence-corrected chi connectivity index (χ0v) is 16.7. The minimum absolute atomic E-state index is 0.345. The maximum atomic E-state index is 12.4. The fraction of sp³-hybridized carbons (Fsp3) is 0.238. The molecule has 0 unspecified atom stereocenters. The summed E-state index contributed by atoms with van der Waals surface area (Å²) in [5, 5.41) is 4.55. The predicted molar refractivity (Wildman–Crippen MR) is 111 cm³/mol. The molecule has 0 radical (unpaired) electrons. The summed E-state index contributed by atoms with van der Waals surface area (Å²) in [6.45, 7) is 8.66. The lowest BCUT2D eigenvalue weighted by Gasteiger charge is -2.12. The summed E-state index contributed by atoms with van der Waals surface area (Å²) >= 11 is 6.02. The summed E-state index contributed by atoms with van der Waals surface area (Å²) in [6.07, 6.45) is 3.12. The van der Waals surface area contributed by atoms with Gasteiger partial charge in [0.1, 0.15) is 12.4 Å². The molecule has 0 fully saturated rings. The van der Waals surface area contributed by atoms with E-state index in [2.05, 4.69) is 17.1 Å². The summed E-state index contributed by atoms with van der Waals surface area (Å²) < 4.78 is 16.6. The average molecular weight is 403 g/mol. The van der Waals surface area contributed by atoms with E-state index in [0.29, 0.717) is 53.2 Å². The third-order valence-electron chi connectivity index (χ3n) is 3.50. The second-order valence-corrected chi connectivity index (χ2v) is 5.94. The van der Waals surface area contributed by atoms with Crippen molar-refractivity contribution in [2.45, 2.75) is 13.8 Å². The van der Waals surface area contributed by atoms with Crippen LogP contribution in [0.4, 0.5) is 0 Å². The minimum atomic E-state index is -0.382. The van der Waals surface area contributed by atoms with Crippen LogP contribution in [0.25, 0.3) is 0 Å². The van der Waals surface area contributed by atoms with Gasteiger partial charge in [0.2, 0.25) is 0 Å². The van der Waals surface area contributed by atoms with Gasteiger partial charge in [0, 0.05) is 16.1 Å². The lowest BCUT2D eigenvalue weighted by atomic mass is 10.2. The maximum absolute atomic E-state index is 12.4. The Kier molecular flexibility index (Phi) is 8.37. The standard InChI is InChI=1S/C21H23ClN2O4/c1-4-11-28-19-9-7-15(13-20(19)27-6-3)21(25)24-23-14-16-12-17(22)8-10-18(16)26-5-2/h4,7-10,12-14H,1,5-6,11H2,2-3H3,(H,24,25)/b23-14+. The highest BCUT2D eigenvalue weighted by Crippen LogP contribution is 2.28. The molecule has 0 saturated heterocycles. The fourth-order valence-electron chi connectivity index (χ4n) is 2.32. The number of amides is 1. The molecule has 6 nitrogen and oxygen atoms in total. The number of rotatable bonds is 10. The van der Waals surface area contributed by atoms with E-state index in [1.165, 1.54) is 6.21 Å². The topological polar surface area (TPSA) is 69.2 Å². The van der Waals surface area contributed by atoms with E-state index in [1.807, 2.05) is 13.8 Å². The first-order chi connectivity index (χ1) is 13.6. The fourth-order valence-corrected chi connectivity index (χ4v) is 2.50. The van der Waals surface area contributed by atoms with E-state index in [0.717, 1.165) is 0 Å². The predicted octanol–water partition coefficient (Wildman–Crippen LogP) is 4.47. The van der Waals surface area contributed by atoms with Crippen molar-refractivity contribution in [3.63, 3.8) is 0 Å². The molecule has 0 heterocycles. The molecular formula is C21H23ClN2O4. The van der Waals surface area contributed by atoms with Crippen LogP contribution in [-0.2, 0) is 0 Å². The third kappa shape index (κ3) is 6.03. The molecule has 0 atom stereocenters. The molecule has 2 aromatic rings. The van der Waals surface area contributed by atoms with Crippen LogP contribution in [0.2, 0.25) is 5.02 Å². The lowest BCUT2D eigenvalue weighted by Crippen LogP contribution is -2.18. The van der Waals surface area contributed by atoms with Gasteiger partial charge < -0.3 is 14.2 Å². The molecule has 0 aliphatic carbocycles. The molecule has 28 heavy (non-hydrogen) atoms. The van der Waals surface area contributed by atoms with Crippen molar-refractivity contribution >= 4 is 23.7 Å². The first-order valence-corrected chi connectivity index (χ1v) is 9.23. The summed E-state index contributed by atoms with van der Waals surface area (Å²) in [5.41, 5.74) is 3.54. The summed E-state index contributed by atoms with van der Waals surface area (Å²) in [6, 6.07) is 10.1. The number of hydrogen-bond donors (Lipinski definition) is 1. The molecule has 2 aromatic carbocycles. The molecule has 148 valence electrons. The average Bonchev–Trinajstić information content (AvgIpc) is 2.69. The second kappa shape index (κ2) is 11.0. The molecule has 0 aliphatic rings.